The molecule has 10 rings (SSSR count). The number of aliphatic hydroxyl groups is 17. The van der Waals surface area contributed by atoms with Crippen LogP contribution in [0.1, 0.15) is 99.8 Å². The lowest BCUT2D eigenvalue weighted by Crippen LogP contribution is -2.69. The van der Waals surface area contributed by atoms with E-state index >= 15 is 0 Å². The van der Waals surface area contributed by atoms with Crippen LogP contribution in [0.15, 0.2) is 11.6 Å². The average Bonchev–Trinajstić information content (AvgIpc) is 0.677. The summed E-state index contributed by atoms with van der Waals surface area (Å²) in [7, 11) is 0. The fourth-order valence-corrected chi connectivity index (χ4v) is 17.9. The molecule has 9 fully saturated rings. The Hall–Kier alpha value is -1.87. The third-order valence-corrected chi connectivity index (χ3v) is 23.6. The fraction of sp³-hybridized carbons (Fsp3) is 0.949. The molecule has 506 valence electrons. The monoisotopic (exact) mass is 1270 g/mol. The van der Waals surface area contributed by atoms with Gasteiger partial charge in [-0.1, -0.05) is 60.1 Å². The summed E-state index contributed by atoms with van der Waals surface area (Å²) in [6.07, 6.45) is -39.2. The first kappa shape index (κ1) is 69.0. The van der Waals surface area contributed by atoms with Crippen LogP contribution < -0.4 is 0 Å². The van der Waals surface area contributed by atoms with Crippen LogP contribution in [0, 0.1) is 50.2 Å². The summed E-state index contributed by atoms with van der Waals surface area (Å²) in [6.45, 7) is 11.5. The van der Waals surface area contributed by atoms with Crippen molar-refractivity contribution < 1.29 is 144 Å². The standard InChI is InChI=1S/C59H96O29/c1-54(2)16-23-22-8-9-29-56(4)12-11-30(83-53-45(38(72)37(71)43(85-53)48(77)78)87-52-44(36(70)33(67)27(19-62)82-52)86-51-40(74)35(69)32(66)26(18-61)81-51)57(5,21-63)28(56)10-13-59(29,7)58(22,6)15-14-55(23,3)47(46(54)76)88-49-41(75)42(24(64)20-79-49)84-50-39(73)34(68)31(65)25(17-60)80-50/h8,23-47,49-53,60-76H,9-21H2,1-7H3,(H,77,78)/t23-,24+,25-,26-,27-,28+,29-,30+,31-,32-,33+,34+,35+,36+,37+,38+,39-,40-,41-,42+,43+,44-,45-,46+,47-,49+,50+,51+,52+,53-,55-,56+,57-,58-,59-/m1/s1. The first-order chi connectivity index (χ1) is 41.2. The minimum atomic E-state index is -2.17. The van der Waals surface area contributed by atoms with Crippen molar-refractivity contribution in [3.05, 3.63) is 11.6 Å². The van der Waals surface area contributed by atoms with Gasteiger partial charge in [0.2, 0.25) is 0 Å². The zero-order valence-corrected chi connectivity index (χ0v) is 50.6. The van der Waals surface area contributed by atoms with Crippen LogP contribution in [0.2, 0.25) is 0 Å². The number of carboxylic acids is 1. The topological polar surface area (TPSA) is 474 Å². The van der Waals surface area contributed by atoms with Crippen molar-refractivity contribution in [3.8, 4) is 0 Å². The van der Waals surface area contributed by atoms with Gasteiger partial charge in [0.15, 0.2) is 37.6 Å². The molecule has 0 spiro atoms. The van der Waals surface area contributed by atoms with Crippen LogP contribution in [-0.2, 0) is 52.2 Å². The zero-order valence-electron chi connectivity index (χ0n) is 50.6. The molecule has 5 saturated heterocycles. The molecular weight excluding hydrogens is 1170 g/mol. The largest absolute Gasteiger partial charge is 0.479 e. The second-order valence-electron chi connectivity index (χ2n) is 28.8. The Morgan fingerprint density at radius 1 is 0.523 bits per heavy atom. The number of allylic oxidation sites excluding steroid dienone is 2. The molecule has 5 heterocycles. The van der Waals surface area contributed by atoms with Crippen LogP contribution in [0.3, 0.4) is 0 Å². The average molecular weight is 1270 g/mol. The highest BCUT2D eigenvalue weighted by Crippen LogP contribution is 2.76. The van der Waals surface area contributed by atoms with Crippen LogP contribution in [0.5, 0.6) is 0 Å². The van der Waals surface area contributed by atoms with Crippen molar-refractivity contribution in [3.63, 3.8) is 0 Å². The van der Waals surface area contributed by atoms with Gasteiger partial charge in [-0.05, 0) is 90.8 Å². The summed E-state index contributed by atoms with van der Waals surface area (Å²) in [6, 6.07) is 0. The fourth-order valence-electron chi connectivity index (χ4n) is 17.9. The lowest BCUT2D eigenvalue weighted by molar-refractivity contribution is -0.397. The SMILES string of the molecule is CC1(C)C[C@@H]2C3=CC[C@@H]4[C@@]5(C)CC[C@H](O[C@@H]6O[C@H](C(=O)O)[C@@H](O)[C@H](O)[C@H]6O[C@@H]6O[C@H](CO)[C@H](O)[C@H](O)[C@H]6O[C@@H]6O[C@H](CO)[C@@H](O)[C@H](O)[C@H]6O)[C@](C)(CO)[C@H]5CC[C@@]4(C)[C@]3(C)CC[C@@]2(C)[C@H](O[C@@H]2OC[C@H](O)[C@H](O[C@@H]3O[C@H](CO)[C@@H](O)[C@H](O)[C@H]3O)[C@H]2O)[C@@H]1O. The third kappa shape index (κ3) is 11.2. The summed E-state index contributed by atoms with van der Waals surface area (Å²) in [4.78, 5) is 12.6. The number of aliphatic carboxylic acids is 1. The normalized spacial score (nSPS) is 55.5. The van der Waals surface area contributed by atoms with Crippen molar-refractivity contribution >= 4 is 5.97 Å². The number of carbonyl (C=O) groups is 1. The quantitative estimate of drug-likeness (QED) is 0.0539. The molecule has 0 bridgehead atoms. The Morgan fingerprint density at radius 2 is 1.05 bits per heavy atom. The highest BCUT2D eigenvalue weighted by molar-refractivity contribution is 5.73. The molecule has 88 heavy (non-hydrogen) atoms. The Balaban J connectivity index is 0.892. The Morgan fingerprint density at radius 3 is 1.60 bits per heavy atom. The van der Waals surface area contributed by atoms with E-state index < -0.39 is 225 Å². The number of rotatable bonds is 15. The Kier molecular flexibility index (Phi) is 19.9. The zero-order chi connectivity index (χ0) is 64.4. The van der Waals surface area contributed by atoms with Crippen molar-refractivity contribution in [1.82, 2.24) is 0 Å². The minimum absolute atomic E-state index is 0.0245. The molecule has 29 heteroatoms. The molecule has 10 aliphatic rings. The first-order valence-corrected chi connectivity index (χ1v) is 31.0. The van der Waals surface area contributed by atoms with E-state index in [9.17, 15) is 96.7 Å². The van der Waals surface area contributed by atoms with Gasteiger partial charge in [0.25, 0.3) is 0 Å². The van der Waals surface area contributed by atoms with Crippen LogP contribution in [0.4, 0.5) is 0 Å². The molecule has 4 saturated carbocycles. The van der Waals surface area contributed by atoms with E-state index in [2.05, 4.69) is 33.8 Å². The van der Waals surface area contributed by atoms with Gasteiger partial charge in [0.05, 0.1) is 51.3 Å². The van der Waals surface area contributed by atoms with Gasteiger partial charge in [0, 0.05) is 10.8 Å². The maximum absolute atomic E-state index is 12.6. The number of carboxylic acid groups (broad SMARTS) is 1. The molecule has 29 nitrogen and oxygen atoms in total. The van der Waals surface area contributed by atoms with Gasteiger partial charge in [-0.15, -0.1) is 0 Å². The number of ether oxygens (including phenoxy) is 10. The van der Waals surface area contributed by atoms with Gasteiger partial charge in [-0.3, -0.25) is 0 Å². The van der Waals surface area contributed by atoms with E-state index in [1.807, 2.05) is 20.8 Å². The van der Waals surface area contributed by atoms with E-state index in [-0.39, 0.29) is 36.2 Å². The van der Waals surface area contributed by atoms with Crippen molar-refractivity contribution in [2.45, 2.75) is 266 Å². The summed E-state index contributed by atoms with van der Waals surface area (Å²) >= 11 is 0. The maximum Gasteiger partial charge on any atom is 0.335 e. The summed E-state index contributed by atoms with van der Waals surface area (Å²) in [5.41, 5.74) is -2.58. The van der Waals surface area contributed by atoms with Crippen molar-refractivity contribution in [1.29, 1.82) is 0 Å². The molecule has 0 amide bonds. The molecule has 5 aliphatic carbocycles. The summed E-state index contributed by atoms with van der Waals surface area (Å²) in [5.74, 6) is -2.05. The molecule has 35 atom stereocenters. The number of hydrogen-bond donors (Lipinski definition) is 18. The highest BCUT2D eigenvalue weighted by Gasteiger charge is 2.71. The predicted octanol–water partition coefficient (Wildman–Crippen LogP) is -5.06. The summed E-state index contributed by atoms with van der Waals surface area (Å²) in [5, 5.41) is 196. The van der Waals surface area contributed by atoms with Gasteiger partial charge >= 0.3 is 5.97 Å². The number of fused-ring (bicyclic) bond motifs is 7. The van der Waals surface area contributed by atoms with E-state index in [1.165, 1.54) is 5.57 Å². The van der Waals surface area contributed by atoms with Gasteiger partial charge < -0.3 is 139 Å². The molecule has 5 aliphatic heterocycles. The maximum atomic E-state index is 12.6. The molecule has 0 aromatic heterocycles. The molecule has 18 N–H and O–H groups in total. The third-order valence-electron chi connectivity index (χ3n) is 23.6. The Labute approximate surface area is 509 Å². The first-order valence-electron chi connectivity index (χ1n) is 31.0. The second-order valence-corrected chi connectivity index (χ2v) is 28.8. The second kappa shape index (κ2) is 25.4. The van der Waals surface area contributed by atoms with Crippen LogP contribution in [0.25, 0.3) is 0 Å². The van der Waals surface area contributed by atoms with Crippen molar-refractivity contribution in [2.24, 2.45) is 50.2 Å². The van der Waals surface area contributed by atoms with Gasteiger partial charge in [0.1, 0.15) is 110 Å². The van der Waals surface area contributed by atoms with E-state index in [4.69, 9.17) is 47.4 Å². The summed E-state index contributed by atoms with van der Waals surface area (Å²) < 4.78 is 60.2. The van der Waals surface area contributed by atoms with Gasteiger partial charge in [-0.25, -0.2) is 4.79 Å². The van der Waals surface area contributed by atoms with Crippen molar-refractivity contribution in [2.75, 3.05) is 33.0 Å². The highest BCUT2D eigenvalue weighted by atomic mass is 16.8. The lowest BCUT2D eigenvalue weighted by atomic mass is 9.33. The molecule has 0 radical (unpaired) electrons. The molecule has 0 aromatic rings. The van der Waals surface area contributed by atoms with Crippen LogP contribution >= 0.6 is 0 Å². The van der Waals surface area contributed by atoms with E-state index in [0.29, 0.717) is 44.9 Å². The molecule has 0 aromatic carbocycles. The smallest absolute Gasteiger partial charge is 0.335 e. The Bertz CT molecular complexity index is 2460. The van der Waals surface area contributed by atoms with Gasteiger partial charge in [-0.2, -0.15) is 0 Å². The van der Waals surface area contributed by atoms with Crippen LogP contribution in [-0.4, -0.2) is 297 Å². The molecular formula is C59H96O29. The number of hydrogen-bond acceptors (Lipinski definition) is 28. The predicted molar refractivity (Wildman–Crippen MR) is 293 cm³/mol. The lowest BCUT2D eigenvalue weighted by Gasteiger charge is -2.72. The molecule has 0 unspecified atom stereocenters. The number of aliphatic hydroxyl groups excluding tert-OH is 17. The van der Waals surface area contributed by atoms with E-state index in [0.717, 1.165) is 0 Å². The van der Waals surface area contributed by atoms with E-state index in [1.54, 1.807) is 0 Å². The minimum Gasteiger partial charge on any atom is -0.479 e.